The number of nitrogens with two attached hydrogens (primary N) is 1. The van der Waals surface area contributed by atoms with Crippen LogP contribution in [0.5, 0.6) is 0 Å². The predicted octanol–water partition coefficient (Wildman–Crippen LogP) is 1.21. The maximum absolute atomic E-state index is 13.4. The van der Waals surface area contributed by atoms with Gasteiger partial charge in [0.2, 0.25) is 0 Å². The van der Waals surface area contributed by atoms with Gasteiger partial charge in [-0.3, -0.25) is 9.59 Å². The summed E-state index contributed by atoms with van der Waals surface area (Å²) in [5.74, 6) is 0.380. The molecule has 0 aromatic carbocycles. The van der Waals surface area contributed by atoms with Crippen LogP contribution in [-0.2, 0) is 14.3 Å². The highest BCUT2D eigenvalue weighted by Crippen LogP contribution is 2.67. The van der Waals surface area contributed by atoms with Gasteiger partial charge in [0.05, 0.1) is 18.8 Å². The number of rotatable bonds is 3. The first-order valence-corrected chi connectivity index (χ1v) is 12.0. The second-order valence-electron chi connectivity index (χ2n) is 11.2. The van der Waals surface area contributed by atoms with Crippen molar-refractivity contribution in [3.05, 3.63) is 0 Å². The molecule has 0 amide bonds. The van der Waals surface area contributed by atoms with E-state index in [2.05, 4.69) is 6.92 Å². The van der Waals surface area contributed by atoms with Gasteiger partial charge < -0.3 is 25.8 Å². The van der Waals surface area contributed by atoms with Crippen LogP contribution < -0.4 is 5.73 Å². The second kappa shape index (κ2) is 8.17. The van der Waals surface area contributed by atoms with Crippen LogP contribution in [0.3, 0.4) is 0 Å². The number of hydrogen-bond acceptors (Lipinski definition) is 7. The van der Waals surface area contributed by atoms with Gasteiger partial charge in [0.15, 0.2) is 5.78 Å². The summed E-state index contributed by atoms with van der Waals surface area (Å²) in [6.45, 7) is 5.04. The Labute approximate surface area is 184 Å². The quantitative estimate of drug-likeness (QED) is 0.488. The largest absolute Gasteiger partial charge is 0.393 e. The third-order valence-corrected chi connectivity index (χ3v) is 9.75. The molecule has 9 atom stereocenters. The number of fused-ring (bicyclic) bond motifs is 5. The van der Waals surface area contributed by atoms with Gasteiger partial charge >= 0.3 is 0 Å². The number of Topliss-reactive ketones (excluding diaryl/α,β-unsaturated/α-hetero) is 2. The van der Waals surface area contributed by atoms with E-state index in [0.29, 0.717) is 25.0 Å². The van der Waals surface area contributed by atoms with E-state index in [-0.39, 0.29) is 41.5 Å². The van der Waals surface area contributed by atoms with Gasteiger partial charge in [0, 0.05) is 24.3 Å². The molecule has 0 bridgehead atoms. The number of aliphatic hydroxyl groups excluding tert-OH is 2. The molecule has 0 aromatic heterocycles. The molecule has 1 unspecified atom stereocenters. The lowest BCUT2D eigenvalue weighted by Gasteiger charge is -2.60. The third kappa shape index (κ3) is 3.61. The van der Waals surface area contributed by atoms with Gasteiger partial charge in [-0.15, -0.1) is 0 Å². The number of ether oxygens (including phenoxy) is 1. The van der Waals surface area contributed by atoms with Crippen molar-refractivity contribution in [3.63, 3.8) is 0 Å². The summed E-state index contributed by atoms with van der Waals surface area (Å²) >= 11 is 0. The number of hydrogen-bond donors (Lipinski definition) is 4. The van der Waals surface area contributed by atoms with Crippen LogP contribution in [0.15, 0.2) is 0 Å². The molecule has 5 N–H and O–H groups in total. The van der Waals surface area contributed by atoms with Gasteiger partial charge in [-0.2, -0.15) is 0 Å². The molecule has 176 valence electrons. The zero-order valence-electron chi connectivity index (χ0n) is 18.9. The average molecular weight is 438 g/mol. The zero-order chi connectivity index (χ0) is 22.6. The average Bonchev–Trinajstić information content (AvgIpc) is 3.53. The van der Waals surface area contributed by atoms with Crippen molar-refractivity contribution < 1.29 is 29.6 Å². The molecule has 5 aliphatic rings. The zero-order valence-corrected chi connectivity index (χ0v) is 18.9. The van der Waals surface area contributed by atoms with E-state index in [9.17, 15) is 24.9 Å². The summed E-state index contributed by atoms with van der Waals surface area (Å²) in [5.41, 5.74) is 2.70. The lowest BCUT2D eigenvalue weighted by Crippen LogP contribution is -2.62. The Bertz CT molecular complexity index is 725. The van der Waals surface area contributed by atoms with Crippen molar-refractivity contribution >= 4 is 11.6 Å². The van der Waals surface area contributed by atoms with E-state index < -0.39 is 23.4 Å². The number of epoxide rings is 1. The Morgan fingerprint density at radius 3 is 2.48 bits per heavy atom. The van der Waals surface area contributed by atoms with Gasteiger partial charge in [0.25, 0.3) is 0 Å². The van der Waals surface area contributed by atoms with Crippen LogP contribution in [0.4, 0.5) is 0 Å². The number of carbonyl (C=O) groups excluding carboxylic acids is 2. The monoisotopic (exact) mass is 437 g/mol. The third-order valence-electron chi connectivity index (χ3n) is 9.75. The topological polar surface area (TPSA) is 133 Å². The smallest absolute Gasteiger partial charge is 0.190 e. The molecule has 5 rings (SSSR count). The number of aliphatic hydroxyl groups is 3. The lowest BCUT2D eigenvalue weighted by molar-refractivity contribution is -0.180. The van der Waals surface area contributed by atoms with E-state index >= 15 is 0 Å². The second-order valence-corrected chi connectivity index (χ2v) is 11.2. The summed E-state index contributed by atoms with van der Waals surface area (Å²) < 4.78 is 4.73. The fourth-order valence-corrected chi connectivity index (χ4v) is 7.85. The Balaban J connectivity index is 0.000000407. The molecule has 0 radical (unpaired) electrons. The SMILES string of the molecule is C[C@]12CC[C@@H](O)C[C@H]1CC[C@@H]1[C@@H]2C(=O)C[C@@]2(C)[C@H]1CC[C@]2(O)C(=O)CO.NCC1CO1. The Morgan fingerprint density at radius 1 is 1.19 bits per heavy atom. The highest BCUT2D eigenvalue weighted by Gasteiger charge is 2.68. The van der Waals surface area contributed by atoms with Gasteiger partial charge in [-0.05, 0) is 68.1 Å². The van der Waals surface area contributed by atoms with Gasteiger partial charge in [0.1, 0.15) is 18.0 Å². The highest BCUT2D eigenvalue weighted by atomic mass is 16.6. The molecule has 7 nitrogen and oxygen atoms in total. The minimum Gasteiger partial charge on any atom is -0.393 e. The van der Waals surface area contributed by atoms with Crippen LogP contribution >= 0.6 is 0 Å². The summed E-state index contributed by atoms with van der Waals surface area (Å²) in [5, 5.41) is 30.6. The minimum atomic E-state index is -1.58. The molecule has 0 aromatic rings. The van der Waals surface area contributed by atoms with Crippen LogP contribution in [0.2, 0.25) is 0 Å². The van der Waals surface area contributed by atoms with E-state index in [1.165, 1.54) is 0 Å². The standard InChI is InChI=1S/C21H32O5.C3H7NO/c1-19-7-5-13(23)9-12(19)3-4-14-15-6-8-21(26,17(25)11-22)20(15,2)10-16(24)18(14)19;4-1-3-2-5-3/h12-15,18,22-23,26H,3-11H2,1-2H3;3H,1-2,4H2/t12-,13-,14+,15+,18-,19+,20+,21+;/m1./s1. The highest BCUT2D eigenvalue weighted by molar-refractivity contribution is 5.92. The number of ketones is 2. The van der Waals surface area contributed by atoms with Gasteiger partial charge in [-0.1, -0.05) is 13.8 Å². The van der Waals surface area contributed by atoms with Crippen LogP contribution in [0.1, 0.15) is 65.2 Å². The summed E-state index contributed by atoms with van der Waals surface area (Å²) in [4.78, 5) is 25.7. The van der Waals surface area contributed by atoms with Crippen LogP contribution in [0.25, 0.3) is 0 Å². The fourth-order valence-electron chi connectivity index (χ4n) is 7.85. The van der Waals surface area contributed by atoms with Crippen LogP contribution in [-0.4, -0.2) is 64.5 Å². The molecule has 4 saturated carbocycles. The van der Waals surface area contributed by atoms with Crippen LogP contribution in [0, 0.1) is 34.5 Å². The molecule has 7 heteroatoms. The van der Waals surface area contributed by atoms with Crippen molar-refractivity contribution in [2.24, 2.45) is 40.2 Å². The Kier molecular flexibility index (Phi) is 6.14. The van der Waals surface area contributed by atoms with Gasteiger partial charge in [-0.25, -0.2) is 0 Å². The first-order chi connectivity index (χ1) is 14.6. The summed E-state index contributed by atoms with van der Waals surface area (Å²) in [6.07, 6.45) is 5.89. The molecule has 5 fully saturated rings. The molecule has 1 heterocycles. The Hall–Kier alpha value is -0.860. The maximum atomic E-state index is 13.4. The normalized spacial score (nSPS) is 50.5. The molecule has 4 aliphatic carbocycles. The van der Waals surface area contributed by atoms with E-state index in [1.807, 2.05) is 6.92 Å². The van der Waals surface area contributed by atoms with Crippen molar-refractivity contribution in [1.29, 1.82) is 0 Å². The van der Waals surface area contributed by atoms with Crippen molar-refractivity contribution in [2.45, 2.75) is 83.0 Å². The first kappa shape index (κ1) is 23.3. The molecule has 1 saturated heterocycles. The maximum Gasteiger partial charge on any atom is 0.190 e. The van der Waals surface area contributed by atoms with Crippen molar-refractivity contribution in [3.8, 4) is 0 Å². The molecule has 1 aliphatic heterocycles. The molecular weight excluding hydrogens is 398 g/mol. The lowest BCUT2D eigenvalue weighted by atomic mass is 9.44. The Morgan fingerprint density at radius 2 is 1.90 bits per heavy atom. The molecule has 0 spiro atoms. The minimum absolute atomic E-state index is 0.0154. The molecular formula is C24H39NO6. The van der Waals surface area contributed by atoms with E-state index in [1.54, 1.807) is 0 Å². The fraction of sp³-hybridized carbons (Fsp3) is 0.917. The predicted molar refractivity (Wildman–Crippen MR) is 114 cm³/mol. The van der Waals surface area contributed by atoms with Crippen molar-refractivity contribution in [1.82, 2.24) is 0 Å². The van der Waals surface area contributed by atoms with E-state index in [0.717, 1.165) is 45.1 Å². The summed E-state index contributed by atoms with van der Waals surface area (Å²) in [6, 6.07) is 0. The van der Waals surface area contributed by atoms with E-state index in [4.69, 9.17) is 10.5 Å². The molecule has 31 heavy (non-hydrogen) atoms. The summed E-state index contributed by atoms with van der Waals surface area (Å²) in [7, 11) is 0. The first-order valence-electron chi connectivity index (χ1n) is 12.0. The number of carbonyl (C=O) groups is 2. The van der Waals surface area contributed by atoms with Crippen molar-refractivity contribution in [2.75, 3.05) is 19.8 Å².